The predicted octanol–water partition coefficient (Wildman–Crippen LogP) is 1.80. The molecule has 2 aliphatic heterocycles. The number of likely N-dealkylation sites (tertiary alicyclic amines) is 2. The van der Waals surface area contributed by atoms with Gasteiger partial charge in [-0.15, -0.1) is 0 Å². The number of likely N-dealkylation sites (N-methyl/N-ethyl adjacent to an activating group) is 1. The van der Waals surface area contributed by atoms with Crippen molar-refractivity contribution in [3.8, 4) is 0 Å². The quantitative estimate of drug-likeness (QED) is 0.827. The van der Waals surface area contributed by atoms with Crippen LogP contribution in [0.15, 0.2) is 0 Å². The van der Waals surface area contributed by atoms with Crippen LogP contribution in [0.3, 0.4) is 0 Å². The molecule has 1 N–H and O–H groups in total. The fourth-order valence-electron chi connectivity index (χ4n) is 4.63. The summed E-state index contributed by atoms with van der Waals surface area (Å²) in [5.41, 5.74) is 0. The molecule has 0 bridgehead atoms. The van der Waals surface area contributed by atoms with Crippen molar-refractivity contribution in [3.63, 3.8) is 0 Å². The third kappa shape index (κ3) is 2.29. The van der Waals surface area contributed by atoms with Crippen molar-refractivity contribution in [3.05, 3.63) is 0 Å². The minimum atomic E-state index is -0.600. The van der Waals surface area contributed by atoms with Gasteiger partial charge in [-0.2, -0.15) is 0 Å². The Morgan fingerprint density at radius 3 is 2.58 bits per heavy atom. The molecule has 0 radical (unpaired) electrons. The van der Waals surface area contributed by atoms with Crippen molar-refractivity contribution in [2.45, 2.75) is 69.6 Å². The number of carboxylic acids is 1. The standard InChI is InChI=1S/C15H26N2O2/c1-10-7-12(9-16(10)2)17-13-6-4-3-5-11(13)8-14(17)15(18)19/h10-14H,3-9H2,1-2H3,(H,18,19). The van der Waals surface area contributed by atoms with Gasteiger partial charge in [0.2, 0.25) is 0 Å². The number of carboxylic acid groups (broad SMARTS) is 1. The second-order valence-electron chi connectivity index (χ2n) is 6.83. The Morgan fingerprint density at radius 1 is 1.21 bits per heavy atom. The number of fused-ring (bicyclic) bond motifs is 1. The molecule has 3 rings (SSSR count). The van der Waals surface area contributed by atoms with Gasteiger partial charge in [-0.1, -0.05) is 12.8 Å². The van der Waals surface area contributed by atoms with E-state index in [4.69, 9.17) is 0 Å². The van der Waals surface area contributed by atoms with Crippen LogP contribution in [0.5, 0.6) is 0 Å². The molecule has 0 spiro atoms. The Labute approximate surface area is 115 Å². The van der Waals surface area contributed by atoms with Crippen LogP contribution in [0.1, 0.15) is 45.4 Å². The number of rotatable bonds is 2. The molecule has 3 aliphatic rings. The second kappa shape index (κ2) is 5.06. The molecule has 3 fully saturated rings. The molecule has 1 saturated carbocycles. The molecule has 4 heteroatoms. The first-order chi connectivity index (χ1) is 9.08. The van der Waals surface area contributed by atoms with Crippen LogP contribution in [0.4, 0.5) is 0 Å². The van der Waals surface area contributed by atoms with Crippen LogP contribution < -0.4 is 0 Å². The van der Waals surface area contributed by atoms with Gasteiger partial charge in [0.15, 0.2) is 0 Å². The summed E-state index contributed by atoms with van der Waals surface area (Å²) in [7, 11) is 2.16. The largest absolute Gasteiger partial charge is 0.480 e. The van der Waals surface area contributed by atoms with Crippen molar-refractivity contribution >= 4 is 5.97 Å². The van der Waals surface area contributed by atoms with E-state index in [1.807, 2.05) is 0 Å². The van der Waals surface area contributed by atoms with Crippen molar-refractivity contribution in [1.29, 1.82) is 0 Å². The van der Waals surface area contributed by atoms with E-state index in [9.17, 15) is 9.90 Å². The zero-order chi connectivity index (χ0) is 13.6. The monoisotopic (exact) mass is 266 g/mol. The third-order valence-electron chi connectivity index (χ3n) is 5.71. The molecule has 108 valence electrons. The summed E-state index contributed by atoms with van der Waals surface area (Å²) in [5, 5.41) is 9.57. The van der Waals surface area contributed by atoms with E-state index in [1.165, 1.54) is 25.7 Å². The van der Waals surface area contributed by atoms with E-state index in [1.54, 1.807) is 0 Å². The highest BCUT2D eigenvalue weighted by Gasteiger charge is 2.49. The molecule has 0 aromatic carbocycles. The first-order valence-corrected chi connectivity index (χ1v) is 7.78. The van der Waals surface area contributed by atoms with Gasteiger partial charge in [0, 0.05) is 24.7 Å². The molecular weight excluding hydrogens is 240 g/mol. The maximum atomic E-state index is 11.6. The van der Waals surface area contributed by atoms with Gasteiger partial charge < -0.3 is 10.0 Å². The van der Waals surface area contributed by atoms with Crippen LogP contribution in [0.2, 0.25) is 0 Å². The van der Waals surface area contributed by atoms with Crippen molar-refractivity contribution < 1.29 is 9.90 Å². The lowest BCUT2D eigenvalue weighted by Gasteiger charge is -2.37. The van der Waals surface area contributed by atoms with E-state index in [2.05, 4.69) is 23.8 Å². The fraction of sp³-hybridized carbons (Fsp3) is 0.933. The molecule has 5 atom stereocenters. The zero-order valence-corrected chi connectivity index (χ0v) is 12.1. The summed E-state index contributed by atoms with van der Waals surface area (Å²) < 4.78 is 0. The number of nitrogens with zero attached hydrogens (tertiary/aromatic N) is 2. The number of hydrogen-bond donors (Lipinski definition) is 1. The van der Waals surface area contributed by atoms with Gasteiger partial charge >= 0.3 is 5.97 Å². The molecule has 19 heavy (non-hydrogen) atoms. The Bertz CT molecular complexity index is 350. The Hall–Kier alpha value is -0.610. The molecule has 0 aromatic rings. The summed E-state index contributed by atoms with van der Waals surface area (Å²) in [4.78, 5) is 16.4. The number of aliphatic carboxylic acids is 1. The zero-order valence-electron chi connectivity index (χ0n) is 12.1. The topological polar surface area (TPSA) is 43.8 Å². The van der Waals surface area contributed by atoms with Gasteiger partial charge in [0.05, 0.1) is 0 Å². The molecule has 2 saturated heterocycles. The van der Waals surface area contributed by atoms with Crippen molar-refractivity contribution in [2.24, 2.45) is 5.92 Å². The lowest BCUT2D eigenvalue weighted by molar-refractivity contribution is -0.143. The van der Waals surface area contributed by atoms with Crippen LogP contribution in [0, 0.1) is 5.92 Å². The summed E-state index contributed by atoms with van der Waals surface area (Å²) in [6, 6.07) is 1.35. The summed E-state index contributed by atoms with van der Waals surface area (Å²) in [6.45, 7) is 3.29. The maximum Gasteiger partial charge on any atom is 0.320 e. The van der Waals surface area contributed by atoms with E-state index < -0.39 is 5.97 Å². The fourth-order valence-corrected chi connectivity index (χ4v) is 4.63. The Balaban J connectivity index is 1.81. The minimum Gasteiger partial charge on any atom is -0.480 e. The van der Waals surface area contributed by atoms with Crippen LogP contribution in [0.25, 0.3) is 0 Å². The van der Waals surface area contributed by atoms with E-state index in [0.29, 0.717) is 24.0 Å². The van der Waals surface area contributed by atoms with Gasteiger partial charge in [-0.3, -0.25) is 9.69 Å². The molecule has 0 amide bonds. The van der Waals surface area contributed by atoms with Crippen LogP contribution >= 0.6 is 0 Å². The van der Waals surface area contributed by atoms with Crippen LogP contribution in [-0.2, 0) is 4.79 Å². The average Bonchev–Trinajstić information content (AvgIpc) is 2.90. The maximum absolute atomic E-state index is 11.6. The second-order valence-corrected chi connectivity index (χ2v) is 6.83. The molecule has 5 unspecified atom stereocenters. The molecule has 2 heterocycles. The first-order valence-electron chi connectivity index (χ1n) is 7.78. The van der Waals surface area contributed by atoms with Gasteiger partial charge in [0.25, 0.3) is 0 Å². The number of hydrogen-bond acceptors (Lipinski definition) is 3. The smallest absolute Gasteiger partial charge is 0.320 e. The summed E-state index contributed by atoms with van der Waals surface area (Å²) in [5.74, 6) is 0.0349. The van der Waals surface area contributed by atoms with Crippen molar-refractivity contribution in [1.82, 2.24) is 9.80 Å². The highest BCUT2D eigenvalue weighted by molar-refractivity contribution is 5.74. The average molecular weight is 266 g/mol. The van der Waals surface area contributed by atoms with Crippen LogP contribution in [-0.4, -0.2) is 58.6 Å². The molecule has 0 aromatic heterocycles. The Kier molecular flexibility index (Phi) is 3.56. The third-order valence-corrected chi connectivity index (χ3v) is 5.71. The summed E-state index contributed by atoms with van der Waals surface area (Å²) >= 11 is 0. The van der Waals surface area contributed by atoms with E-state index >= 15 is 0 Å². The predicted molar refractivity (Wildman–Crippen MR) is 74.1 cm³/mol. The first kappa shape index (κ1) is 13.4. The molecular formula is C15H26N2O2. The minimum absolute atomic E-state index is 0.225. The number of carbonyl (C=O) groups is 1. The summed E-state index contributed by atoms with van der Waals surface area (Å²) in [6.07, 6.45) is 7.04. The SMILES string of the molecule is CC1CC(N2C(C(=O)O)CC3CCCCC32)CN1C. The molecule has 4 nitrogen and oxygen atoms in total. The van der Waals surface area contributed by atoms with E-state index in [-0.39, 0.29) is 6.04 Å². The van der Waals surface area contributed by atoms with E-state index in [0.717, 1.165) is 19.4 Å². The highest BCUT2D eigenvalue weighted by atomic mass is 16.4. The van der Waals surface area contributed by atoms with Gasteiger partial charge in [-0.25, -0.2) is 0 Å². The Morgan fingerprint density at radius 2 is 1.95 bits per heavy atom. The lowest BCUT2D eigenvalue weighted by Crippen LogP contribution is -2.49. The van der Waals surface area contributed by atoms with Gasteiger partial charge in [0.1, 0.15) is 6.04 Å². The van der Waals surface area contributed by atoms with Crippen molar-refractivity contribution in [2.75, 3.05) is 13.6 Å². The highest BCUT2D eigenvalue weighted by Crippen LogP contribution is 2.42. The van der Waals surface area contributed by atoms with Gasteiger partial charge in [-0.05, 0) is 45.6 Å². The molecule has 1 aliphatic carbocycles. The normalized spacial score (nSPS) is 44.4. The lowest BCUT2D eigenvalue weighted by atomic mass is 9.84.